The van der Waals surface area contributed by atoms with Gasteiger partial charge < -0.3 is 10.7 Å². The summed E-state index contributed by atoms with van der Waals surface area (Å²) in [5.41, 5.74) is 8.85. The molecule has 4 rings (SSSR count). The Hall–Kier alpha value is -3.23. The van der Waals surface area contributed by atoms with E-state index in [1.165, 1.54) is 22.7 Å². The Kier molecular flexibility index (Phi) is 4.57. The van der Waals surface area contributed by atoms with Gasteiger partial charge in [0.1, 0.15) is 10.6 Å². The van der Waals surface area contributed by atoms with Crippen molar-refractivity contribution in [2.24, 2.45) is 5.73 Å². The van der Waals surface area contributed by atoms with Gasteiger partial charge in [-0.05, 0) is 23.1 Å². The maximum atomic E-state index is 12.7. The van der Waals surface area contributed by atoms with Crippen molar-refractivity contribution in [2.75, 3.05) is 5.32 Å². The van der Waals surface area contributed by atoms with Crippen molar-refractivity contribution in [3.05, 3.63) is 70.0 Å². The lowest BCUT2D eigenvalue weighted by molar-refractivity contribution is 0.0994. The SMILES string of the molecule is NC(=O)c1cc(-c2csc(NC(=O)c3sccc3-c3ccccc3)n2)c[nH]1. The molecule has 0 aliphatic rings. The number of benzene rings is 1. The first-order valence-corrected chi connectivity index (χ1v) is 9.76. The summed E-state index contributed by atoms with van der Waals surface area (Å²) in [5, 5.41) is 7.06. The zero-order valence-electron chi connectivity index (χ0n) is 13.9. The Bertz CT molecular complexity index is 1110. The number of nitrogens with one attached hydrogen (secondary N) is 2. The van der Waals surface area contributed by atoms with Gasteiger partial charge in [-0.25, -0.2) is 4.98 Å². The summed E-state index contributed by atoms with van der Waals surface area (Å²) in [6, 6.07) is 13.4. The van der Waals surface area contributed by atoms with Crippen molar-refractivity contribution < 1.29 is 9.59 Å². The van der Waals surface area contributed by atoms with Gasteiger partial charge in [-0.15, -0.1) is 22.7 Å². The number of primary amides is 1. The number of rotatable bonds is 5. The third-order valence-corrected chi connectivity index (χ3v) is 5.60. The summed E-state index contributed by atoms with van der Waals surface area (Å²) in [7, 11) is 0. The molecule has 8 heteroatoms. The van der Waals surface area contributed by atoms with Crippen molar-refractivity contribution in [2.45, 2.75) is 0 Å². The fourth-order valence-electron chi connectivity index (χ4n) is 2.63. The van der Waals surface area contributed by atoms with Crippen LogP contribution in [0.25, 0.3) is 22.4 Å². The molecule has 4 aromatic rings. The number of hydrogen-bond donors (Lipinski definition) is 3. The number of hydrogen-bond acceptors (Lipinski definition) is 5. The Morgan fingerprint density at radius 3 is 2.63 bits per heavy atom. The van der Waals surface area contributed by atoms with Crippen molar-refractivity contribution in [1.82, 2.24) is 9.97 Å². The van der Waals surface area contributed by atoms with Crippen LogP contribution < -0.4 is 11.1 Å². The highest BCUT2D eigenvalue weighted by atomic mass is 32.1. The molecule has 134 valence electrons. The average Bonchev–Trinajstić information content (AvgIpc) is 3.42. The van der Waals surface area contributed by atoms with Crippen LogP contribution in [0.5, 0.6) is 0 Å². The van der Waals surface area contributed by atoms with Gasteiger partial charge in [-0.1, -0.05) is 30.3 Å². The molecule has 4 N–H and O–H groups in total. The van der Waals surface area contributed by atoms with Gasteiger partial charge in [-0.2, -0.15) is 0 Å². The van der Waals surface area contributed by atoms with E-state index in [1.54, 1.807) is 12.3 Å². The fourth-order valence-corrected chi connectivity index (χ4v) is 4.16. The van der Waals surface area contributed by atoms with Crippen LogP contribution in [0.3, 0.4) is 0 Å². The molecule has 0 atom stereocenters. The minimum absolute atomic E-state index is 0.198. The standard InChI is InChI=1S/C19H14N4O2S2/c20-17(24)14-8-12(9-21-14)15-10-27-19(22-15)23-18(25)16-13(6-7-26-16)11-4-2-1-3-5-11/h1-10,21H,(H2,20,24)(H,22,23,25). The molecule has 0 spiro atoms. The molecule has 0 aliphatic heterocycles. The predicted molar refractivity (Wildman–Crippen MR) is 108 cm³/mol. The summed E-state index contributed by atoms with van der Waals surface area (Å²) < 4.78 is 0. The molecular weight excluding hydrogens is 380 g/mol. The largest absolute Gasteiger partial charge is 0.364 e. The number of anilines is 1. The molecule has 0 unspecified atom stereocenters. The number of thiophene rings is 1. The normalized spacial score (nSPS) is 10.7. The summed E-state index contributed by atoms with van der Waals surface area (Å²) in [4.78, 5) is 31.8. The van der Waals surface area contributed by atoms with E-state index in [1.807, 2.05) is 47.2 Å². The minimum atomic E-state index is -0.531. The monoisotopic (exact) mass is 394 g/mol. The lowest BCUT2D eigenvalue weighted by Crippen LogP contribution is -2.11. The zero-order chi connectivity index (χ0) is 18.8. The van der Waals surface area contributed by atoms with Gasteiger partial charge in [-0.3, -0.25) is 14.9 Å². The lowest BCUT2D eigenvalue weighted by Gasteiger charge is -2.04. The van der Waals surface area contributed by atoms with Crippen LogP contribution in [0.2, 0.25) is 0 Å². The number of carbonyl (C=O) groups excluding carboxylic acids is 2. The van der Waals surface area contributed by atoms with Gasteiger partial charge in [0.15, 0.2) is 5.13 Å². The Morgan fingerprint density at radius 2 is 1.89 bits per heavy atom. The van der Waals surface area contributed by atoms with E-state index < -0.39 is 5.91 Å². The first kappa shape index (κ1) is 17.2. The van der Waals surface area contributed by atoms with E-state index in [0.29, 0.717) is 21.4 Å². The van der Waals surface area contributed by atoms with E-state index in [4.69, 9.17) is 5.73 Å². The molecule has 0 radical (unpaired) electrons. The molecule has 0 saturated heterocycles. The second-order valence-electron chi connectivity index (χ2n) is 5.69. The lowest BCUT2D eigenvalue weighted by atomic mass is 10.1. The van der Waals surface area contributed by atoms with Crippen LogP contribution in [0, 0.1) is 0 Å². The molecule has 3 heterocycles. The smallest absolute Gasteiger partial charge is 0.268 e. The molecule has 3 aromatic heterocycles. The number of nitrogens with zero attached hydrogens (tertiary/aromatic N) is 1. The number of aromatic amines is 1. The van der Waals surface area contributed by atoms with Crippen LogP contribution in [0.1, 0.15) is 20.2 Å². The highest BCUT2D eigenvalue weighted by Crippen LogP contribution is 2.30. The Morgan fingerprint density at radius 1 is 1.07 bits per heavy atom. The quantitative estimate of drug-likeness (QED) is 0.472. The topological polar surface area (TPSA) is 101 Å². The molecule has 0 aliphatic carbocycles. The average molecular weight is 394 g/mol. The predicted octanol–water partition coefficient (Wildman–Crippen LogP) is 4.22. The number of H-pyrrole nitrogens is 1. The molecule has 0 bridgehead atoms. The third kappa shape index (κ3) is 3.53. The number of amides is 2. The second kappa shape index (κ2) is 7.18. The number of aromatic nitrogens is 2. The summed E-state index contributed by atoms with van der Waals surface area (Å²) in [6.07, 6.45) is 1.66. The van der Waals surface area contributed by atoms with E-state index >= 15 is 0 Å². The minimum Gasteiger partial charge on any atom is -0.364 e. The number of thiazole rings is 1. The van der Waals surface area contributed by atoms with Gasteiger partial charge >= 0.3 is 0 Å². The van der Waals surface area contributed by atoms with E-state index in [2.05, 4.69) is 15.3 Å². The van der Waals surface area contributed by atoms with Crippen LogP contribution >= 0.6 is 22.7 Å². The van der Waals surface area contributed by atoms with E-state index in [-0.39, 0.29) is 5.91 Å². The molecule has 1 aromatic carbocycles. The third-order valence-electron chi connectivity index (χ3n) is 3.93. The fraction of sp³-hybridized carbons (Fsp3) is 0. The first-order valence-electron chi connectivity index (χ1n) is 8.00. The van der Waals surface area contributed by atoms with Crippen LogP contribution in [-0.2, 0) is 0 Å². The van der Waals surface area contributed by atoms with Crippen molar-refractivity contribution >= 4 is 39.6 Å². The van der Waals surface area contributed by atoms with Crippen molar-refractivity contribution in [1.29, 1.82) is 0 Å². The van der Waals surface area contributed by atoms with E-state index in [0.717, 1.165) is 16.7 Å². The van der Waals surface area contributed by atoms with Crippen LogP contribution in [0.4, 0.5) is 5.13 Å². The summed E-state index contributed by atoms with van der Waals surface area (Å²) in [6.45, 7) is 0. The van der Waals surface area contributed by atoms with Gasteiger partial charge in [0.2, 0.25) is 0 Å². The Labute approximate surface area is 162 Å². The zero-order valence-corrected chi connectivity index (χ0v) is 15.6. The van der Waals surface area contributed by atoms with Crippen LogP contribution in [0.15, 0.2) is 59.4 Å². The van der Waals surface area contributed by atoms with Gasteiger partial charge in [0.05, 0.1) is 5.69 Å². The van der Waals surface area contributed by atoms with E-state index in [9.17, 15) is 9.59 Å². The highest BCUT2D eigenvalue weighted by Gasteiger charge is 2.17. The summed E-state index contributed by atoms with van der Waals surface area (Å²) in [5.74, 6) is -0.729. The number of carbonyl (C=O) groups is 2. The Balaban J connectivity index is 1.54. The molecule has 0 saturated carbocycles. The molecule has 2 amide bonds. The molecule has 0 fully saturated rings. The van der Waals surface area contributed by atoms with Crippen molar-refractivity contribution in [3.8, 4) is 22.4 Å². The molecule has 6 nitrogen and oxygen atoms in total. The number of nitrogens with two attached hydrogens (primary N) is 1. The molecule has 27 heavy (non-hydrogen) atoms. The van der Waals surface area contributed by atoms with Crippen LogP contribution in [-0.4, -0.2) is 21.8 Å². The summed E-state index contributed by atoms with van der Waals surface area (Å²) >= 11 is 2.71. The maximum Gasteiger partial charge on any atom is 0.268 e. The van der Waals surface area contributed by atoms with Gasteiger partial charge in [0.25, 0.3) is 11.8 Å². The van der Waals surface area contributed by atoms with Gasteiger partial charge in [0, 0.05) is 22.7 Å². The highest BCUT2D eigenvalue weighted by molar-refractivity contribution is 7.15. The van der Waals surface area contributed by atoms with Crippen molar-refractivity contribution in [3.63, 3.8) is 0 Å². The second-order valence-corrected chi connectivity index (χ2v) is 7.46. The first-order chi connectivity index (χ1) is 13.1. The maximum absolute atomic E-state index is 12.7. The molecular formula is C19H14N4O2S2.